The predicted octanol–water partition coefficient (Wildman–Crippen LogP) is 1.25. The first-order valence-electron chi connectivity index (χ1n) is 4.75. The zero-order valence-electron chi connectivity index (χ0n) is 8.76. The van der Waals surface area contributed by atoms with Crippen LogP contribution in [0.25, 0.3) is 0 Å². The molecule has 0 spiro atoms. The van der Waals surface area contributed by atoms with Gasteiger partial charge in [-0.15, -0.1) is 0 Å². The molecule has 0 N–H and O–H groups in total. The molecule has 0 aromatic rings. The molecule has 0 saturated carbocycles. The van der Waals surface area contributed by atoms with Crippen LogP contribution in [0.1, 0.15) is 20.8 Å². The first-order valence-corrected chi connectivity index (χ1v) is 6.48. The second kappa shape index (κ2) is 4.47. The normalized spacial score (nSPS) is 20.2. The van der Waals surface area contributed by atoms with Crippen molar-refractivity contribution in [2.75, 3.05) is 30.5 Å². The molecule has 0 radical (unpaired) electrons. The van der Waals surface area contributed by atoms with E-state index in [1.54, 1.807) is 0 Å². The second-order valence-electron chi connectivity index (χ2n) is 4.45. The minimum absolute atomic E-state index is 0.161. The standard InChI is InChI=1S/C10H19O2S/c1-10(2,3)9(11)8-13-6-4-12-5-7-13/h4-8H2,1-3H3/q+1. The summed E-state index contributed by atoms with van der Waals surface area (Å²) in [5.74, 6) is 3.34. The van der Waals surface area contributed by atoms with E-state index in [0.717, 1.165) is 30.5 Å². The van der Waals surface area contributed by atoms with Crippen molar-refractivity contribution in [1.29, 1.82) is 0 Å². The lowest BCUT2D eigenvalue weighted by Gasteiger charge is -2.19. The molecule has 0 bridgehead atoms. The summed E-state index contributed by atoms with van der Waals surface area (Å²) in [5, 5.41) is 0. The molecular formula is C10H19O2S+. The van der Waals surface area contributed by atoms with Crippen LogP contribution in [-0.4, -0.2) is 36.3 Å². The van der Waals surface area contributed by atoms with Gasteiger partial charge < -0.3 is 4.74 Å². The summed E-state index contributed by atoms with van der Waals surface area (Å²) in [5.41, 5.74) is -0.161. The Kier molecular flexibility index (Phi) is 3.80. The fraction of sp³-hybridized carbons (Fsp3) is 0.900. The van der Waals surface area contributed by atoms with Crippen molar-refractivity contribution >= 4 is 16.7 Å². The lowest BCUT2D eigenvalue weighted by Crippen LogP contribution is -2.35. The molecule has 0 unspecified atom stereocenters. The third-order valence-electron chi connectivity index (χ3n) is 2.20. The maximum absolute atomic E-state index is 11.7. The number of ketones is 1. The Hall–Kier alpha value is -0.0200. The fourth-order valence-electron chi connectivity index (χ4n) is 1.10. The zero-order chi connectivity index (χ0) is 9.90. The van der Waals surface area contributed by atoms with E-state index in [0.29, 0.717) is 16.7 Å². The Morgan fingerprint density at radius 2 is 1.85 bits per heavy atom. The minimum atomic E-state index is -0.161. The van der Waals surface area contributed by atoms with Crippen LogP contribution < -0.4 is 0 Å². The zero-order valence-corrected chi connectivity index (χ0v) is 9.58. The molecule has 1 fully saturated rings. The van der Waals surface area contributed by atoms with Crippen LogP contribution in [0.5, 0.6) is 0 Å². The van der Waals surface area contributed by atoms with Crippen molar-refractivity contribution < 1.29 is 9.53 Å². The van der Waals surface area contributed by atoms with Gasteiger partial charge in [0.2, 0.25) is 0 Å². The van der Waals surface area contributed by atoms with Gasteiger partial charge in [0.15, 0.2) is 11.5 Å². The highest BCUT2D eigenvalue weighted by Gasteiger charge is 2.31. The Morgan fingerprint density at radius 1 is 1.31 bits per heavy atom. The molecule has 1 rings (SSSR count). The lowest BCUT2D eigenvalue weighted by molar-refractivity contribution is -0.123. The number of carbonyl (C=O) groups excluding carboxylic acids is 1. The minimum Gasteiger partial charge on any atom is -0.372 e. The average molecular weight is 203 g/mol. The third-order valence-corrected chi connectivity index (χ3v) is 4.36. The van der Waals surface area contributed by atoms with Crippen LogP contribution in [-0.2, 0) is 20.4 Å². The van der Waals surface area contributed by atoms with Gasteiger partial charge in [0.1, 0.15) is 11.5 Å². The SMILES string of the molecule is CC(C)(C)C(=O)C[S+]1CCOCC1. The van der Waals surface area contributed by atoms with Gasteiger partial charge in [0, 0.05) is 5.41 Å². The van der Waals surface area contributed by atoms with Gasteiger partial charge >= 0.3 is 0 Å². The van der Waals surface area contributed by atoms with Gasteiger partial charge in [0.05, 0.1) is 13.2 Å². The summed E-state index contributed by atoms with van der Waals surface area (Å²) >= 11 is 0. The average Bonchev–Trinajstić information content (AvgIpc) is 2.04. The molecule has 3 heteroatoms. The molecule has 13 heavy (non-hydrogen) atoms. The smallest absolute Gasteiger partial charge is 0.187 e. The quantitative estimate of drug-likeness (QED) is 0.631. The number of carbonyl (C=O) groups is 1. The van der Waals surface area contributed by atoms with Gasteiger partial charge in [-0.25, -0.2) is 0 Å². The van der Waals surface area contributed by atoms with E-state index >= 15 is 0 Å². The summed E-state index contributed by atoms with van der Waals surface area (Å²) in [6.07, 6.45) is 0. The van der Waals surface area contributed by atoms with Crippen LogP contribution in [0, 0.1) is 5.41 Å². The molecule has 0 aromatic carbocycles. The predicted molar refractivity (Wildman–Crippen MR) is 57.2 cm³/mol. The molecule has 0 atom stereocenters. The van der Waals surface area contributed by atoms with Crippen molar-refractivity contribution in [3.63, 3.8) is 0 Å². The summed E-state index contributed by atoms with van der Waals surface area (Å²) < 4.78 is 5.26. The van der Waals surface area contributed by atoms with Crippen molar-refractivity contribution in [2.24, 2.45) is 5.41 Å². The van der Waals surface area contributed by atoms with E-state index < -0.39 is 0 Å². The van der Waals surface area contributed by atoms with Gasteiger partial charge in [-0.1, -0.05) is 20.8 Å². The number of ether oxygens (including phenoxy) is 1. The number of Topliss-reactive ketones (excluding diaryl/α,β-unsaturated/α-hetero) is 1. The maximum Gasteiger partial charge on any atom is 0.187 e. The molecule has 2 nitrogen and oxygen atoms in total. The lowest BCUT2D eigenvalue weighted by atomic mass is 9.92. The molecule has 76 valence electrons. The Bertz CT molecular complexity index is 178. The molecule has 0 aliphatic carbocycles. The number of hydrogen-bond acceptors (Lipinski definition) is 2. The van der Waals surface area contributed by atoms with Crippen LogP contribution >= 0.6 is 0 Å². The maximum atomic E-state index is 11.7. The first kappa shape index (κ1) is 11.1. The van der Waals surface area contributed by atoms with Gasteiger partial charge in [-0.3, -0.25) is 4.79 Å². The van der Waals surface area contributed by atoms with Gasteiger partial charge in [-0.05, 0) is 10.9 Å². The Morgan fingerprint density at radius 3 is 2.31 bits per heavy atom. The molecule has 1 aliphatic heterocycles. The largest absolute Gasteiger partial charge is 0.372 e. The van der Waals surface area contributed by atoms with Crippen molar-refractivity contribution in [2.45, 2.75) is 20.8 Å². The summed E-state index contributed by atoms with van der Waals surface area (Å²) in [7, 11) is 0.304. The molecule has 1 heterocycles. The van der Waals surface area contributed by atoms with E-state index in [1.807, 2.05) is 20.8 Å². The van der Waals surface area contributed by atoms with E-state index in [2.05, 4.69) is 0 Å². The van der Waals surface area contributed by atoms with Crippen molar-refractivity contribution in [3.05, 3.63) is 0 Å². The first-order chi connectivity index (χ1) is 6.00. The molecular weight excluding hydrogens is 184 g/mol. The van der Waals surface area contributed by atoms with E-state index in [4.69, 9.17) is 4.74 Å². The second-order valence-corrected chi connectivity index (χ2v) is 6.78. The fourth-order valence-corrected chi connectivity index (χ4v) is 3.11. The number of hydrogen-bond donors (Lipinski definition) is 0. The summed E-state index contributed by atoms with van der Waals surface area (Å²) in [6, 6.07) is 0. The van der Waals surface area contributed by atoms with Gasteiger partial charge in [0.25, 0.3) is 0 Å². The number of rotatable bonds is 2. The van der Waals surface area contributed by atoms with Crippen molar-refractivity contribution in [3.8, 4) is 0 Å². The molecule has 0 aromatic heterocycles. The van der Waals surface area contributed by atoms with Crippen LogP contribution in [0.2, 0.25) is 0 Å². The topological polar surface area (TPSA) is 26.3 Å². The third kappa shape index (κ3) is 3.69. The van der Waals surface area contributed by atoms with Gasteiger partial charge in [-0.2, -0.15) is 0 Å². The summed E-state index contributed by atoms with van der Waals surface area (Å²) in [6.45, 7) is 7.69. The summed E-state index contributed by atoms with van der Waals surface area (Å²) in [4.78, 5) is 11.7. The van der Waals surface area contributed by atoms with Crippen LogP contribution in [0.4, 0.5) is 0 Å². The van der Waals surface area contributed by atoms with E-state index in [1.165, 1.54) is 0 Å². The Labute approximate surface area is 83.4 Å². The van der Waals surface area contributed by atoms with Crippen molar-refractivity contribution in [1.82, 2.24) is 0 Å². The highest BCUT2D eigenvalue weighted by molar-refractivity contribution is 7.97. The van der Waals surface area contributed by atoms with Crippen LogP contribution in [0.3, 0.4) is 0 Å². The highest BCUT2D eigenvalue weighted by atomic mass is 32.2. The van der Waals surface area contributed by atoms with E-state index in [9.17, 15) is 4.79 Å². The Balaban J connectivity index is 2.35. The van der Waals surface area contributed by atoms with Crippen LogP contribution in [0.15, 0.2) is 0 Å². The molecule has 1 aliphatic rings. The molecule has 1 saturated heterocycles. The molecule has 0 amide bonds. The monoisotopic (exact) mass is 203 g/mol. The highest BCUT2D eigenvalue weighted by Crippen LogP contribution is 2.17. The van der Waals surface area contributed by atoms with E-state index in [-0.39, 0.29) is 5.41 Å².